The molecule has 0 unspecified atom stereocenters. The average molecular weight is 304 g/mol. The summed E-state index contributed by atoms with van der Waals surface area (Å²) in [6, 6.07) is 8.91. The lowest BCUT2D eigenvalue weighted by Crippen LogP contribution is -2.40. The van der Waals surface area contributed by atoms with Crippen LogP contribution in [0.5, 0.6) is 0 Å². The van der Waals surface area contributed by atoms with Crippen molar-refractivity contribution in [3.05, 3.63) is 65.6 Å². The minimum absolute atomic E-state index is 0.00670. The van der Waals surface area contributed by atoms with E-state index < -0.39 is 15.9 Å². The minimum atomic E-state index is -3.79. The fourth-order valence-corrected chi connectivity index (χ4v) is 2.00. The lowest BCUT2D eigenvalue weighted by Gasteiger charge is -2.04. The Bertz CT molecular complexity index is 731. The zero-order chi connectivity index (χ0) is 15.1. The van der Waals surface area contributed by atoms with Crippen molar-refractivity contribution in [2.45, 2.75) is 0 Å². The van der Waals surface area contributed by atoms with Gasteiger partial charge in [0.1, 0.15) is 5.69 Å². The fourth-order valence-electron chi connectivity index (χ4n) is 1.36. The maximum Gasteiger partial charge on any atom is 0.286 e. The Morgan fingerprint density at radius 1 is 1.14 bits per heavy atom. The molecule has 2 rings (SSSR count). The zero-order valence-corrected chi connectivity index (χ0v) is 11.6. The van der Waals surface area contributed by atoms with Crippen molar-refractivity contribution in [1.82, 2.24) is 20.2 Å². The predicted molar refractivity (Wildman–Crippen MR) is 77.0 cm³/mol. The summed E-state index contributed by atoms with van der Waals surface area (Å²) >= 11 is 0. The molecule has 0 aliphatic rings. The highest BCUT2D eigenvalue weighted by Crippen LogP contribution is 2.02. The van der Waals surface area contributed by atoms with E-state index in [9.17, 15) is 13.2 Å². The molecule has 0 atom stereocenters. The van der Waals surface area contributed by atoms with E-state index in [1.807, 2.05) is 16.3 Å². The maximum atomic E-state index is 11.7. The number of hydrogen-bond acceptors (Lipinski definition) is 5. The molecule has 1 heterocycles. The molecule has 1 amide bonds. The molecule has 1 aromatic heterocycles. The van der Waals surface area contributed by atoms with Crippen LogP contribution in [0.3, 0.4) is 0 Å². The molecule has 0 bridgehead atoms. The van der Waals surface area contributed by atoms with Crippen LogP contribution in [0.2, 0.25) is 0 Å². The molecular formula is C13H12N4O3S. The standard InChI is InChI=1S/C13H12N4O3S/c18-13(12-10-14-7-8-15-12)16-17-21(19,20)9-6-11-4-2-1-3-5-11/h1-10,17H,(H,16,18)/b9-6+. The van der Waals surface area contributed by atoms with Gasteiger partial charge in [0.2, 0.25) is 0 Å². The second-order valence-corrected chi connectivity index (χ2v) is 5.47. The average Bonchev–Trinajstić information content (AvgIpc) is 2.53. The Kier molecular flexibility index (Phi) is 4.75. The van der Waals surface area contributed by atoms with Crippen molar-refractivity contribution in [3.8, 4) is 0 Å². The number of amides is 1. The number of benzene rings is 1. The summed E-state index contributed by atoms with van der Waals surface area (Å²) in [6.07, 6.45) is 5.38. The third-order valence-corrected chi connectivity index (χ3v) is 3.22. The first-order chi connectivity index (χ1) is 10.1. The SMILES string of the molecule is O=C(NNS(=O)(=O)/C=C/c1ccccc1)c1cnccn1. The van der Waals surface area contributed by atoms with Gasteiger partial charge in [0.05, 0.1) is 6.20 Å². The van der Waals surface area contributed by atoms with Crippen molar-refractivity contribution in [2.24, 2.45) is 0 Å². The highest BCUT2D eigenvalue weighted by Gasteiger charge is 2.10. The quantitative estimate of drug-likeness (QED) is 0.792. The summed E-state index contributed by atoms with van der Waals surface area (Å²) in [7, 11) is -3.79. The smallest absolute Gasteiger partial charge is 0.272 e. The number of nitrogens with zero attached hydrogens (tertiary/aromatic N) is 2. The third kappa shape index (κ3) is 4.79. The van der Waals surface area contributed by atoms with Gasteiger partial charge in [-0.2, -0.15) is 0 Å². The van der Waals surface area contributed by atoms with Crippen LogP contribution < -0.4 is 10.3 Å². The molecule has 2 N–H and O–H groups in total. The topological polar surface area (TPSA) is 101 Å². The Balaban J connectivity index is 1.96. The molecule has 0 saturated carbocycles. The lowest BCUT2D eigenvalue weighted by molar-refractivity contribution is 0.0940. The van der Waals surface area contributed by atoms with E-state index in [0.29, 0.717) is 0 Å². The van der Waals surface area contributed by atoms with E-state index >= 15 is 0 Å². The zero-order valence-electron chi connectivity index (χ0n) is 10.8. The summed E-state index contributed by atoms with van der Waals surface area (Å²) in [4.78, 5) is 21.0. The summed E-state index contributed by atoms with van der Waals surface area (Å²) in [6.45, 7) is 0. The van der Waals surface area contributed by atoms with Gasteiger partial charge >= 0.3 is 0 Å². The molecule has 7 nitrogen and oxygen atoms in total. The summed E-state index contributed by atoms with van der Waals surface area (Å²) in [5, 5.41) is 0.958. The van der Waals surface area contributed by atoms with Gasteiger partial charge in [0, 0.05) is 17.8 Å². The van der Waals surface area contributed by atoms with Crippen LogP contribution >= 0.6 is 0 Å². The lowest BCUT2D eigenvalue weighted by atomic mass is 10.2. The number of rotatable bonds is 5. The second-order valence-electron chi connectivity index (χ2n) is 3.91. The number of sulfonamides is 1. The molecule has 0 radical (unpaired) electrons. The normalized spacial score (nSPS) is 11.4. The molecule has 2 aromatic rings. The van der Waals surface area contributed by atoms with Gasteiger partial charge in [-0.1, -0.05) is 30.3 Å². The highest BCUT2D eigenvalue weighted by atomic mass is 32.2. The van der Waals surface area contributed by atoms with Gasteiger partial charge in [-0.25, -0.2) is 13.4 Å². The highest BCUT2D eigenvalue weighted by molar-refractivity contribution is 7.92. The van der Waals surface area contributed by atoms with Crippen LogP contribution in [0.1, 0.15) is 16.1 Å². The molecule has 108 valence electrons. The third-order valence-electron chi connectivity index (χ3n) is 2.34. The molecular weight excluding hydrogens is 292 g/mol. The van der Waals surface area contributed by atoms with Crippen molar-refractivity contribution in [2.75, 3.05) is 0 Å². The van der Waals surface area contributed by atoms with Crippen LogP contribution in [0.4, 0.5) is 0 Å². The molecule has 0 aliphatic heterocycles. The molecule has 0 saturated heterocycles. The Labute approximate surface area is 121 Å². The summed E-state index contributed by atoms with van der Waals surface area (Å²) in [5.74, 6) is -0.695. The Morgan fingerprint density at radius 2 is 1.90 bits per heavy atom. The van der Waals surface area contributed by atoms with Crippen molar-refractivity contribution < 1.29 is 13.2 Å². The van der Waals surface area contributed by atoms with E-state index in [2.05, 4.69) is 9.97 Å². The Morgan fingerprint density at radius 3 is 2.57 bits per heavy atom. The summed E-state index contributed by atoms with van der Waals surface area (Å²) < 4.78 is 23.4. The number of carbonyl (C=O) groups excluding carboxylic acids is 1. The van der Waals surface area contributed by atoms with Crippen molar-refractivity contribution in [3.63, 3.8) is 0 Å². The van der Waals surface area contributed by atoms with Crippen LogP contribution in [-0.4, -0.2) is 24.3 Å². The van der Waals surface area contributed by atoms with Crippen LogP contribution in [-0.2, 0) is 10.0 Å². The number of aromatic nitrogens is 2. The van der Waals surface area contributed by atoms with Crippen molar-refractivity contribution >= 4 is 22.0 Å². The summed E-state index contributed by atoms with van der Waals surface area (Å²) in [5.41, 5.74) is 2.78. The van der Waals surface area contributed by atoms with E-state index in [4.69, 9.17) is 0 Å². The molecule has 1 aromatic carbocycles. The van der Waals surface area contributed by atoms with Crippen molar-refractivity contribution in [1.29, 1.82) is 0 Å². The molecule has 0 spiro atoms. The van der Waals surface area contributed by atoms with Gasteiger partial charge in [0.15, 0.2) is 0 Å². The van der Waals surface area contributed by atoms with Gasteiger partial charge in [0.25, 0.3) is 15.9 Å². The van der Waals surface area contributed by atoms with E-state index in [-0.39, 0.29) is 5.69 Å². The fraction of sp³-hybridized carbons (Fsp3) is 0. The van der Waals surface area contributed by atoms with Gasteiger partial charge < -0.3 is 0 Å². The second kappa shape index (κ2) is 6.73. The van der Waals surface area contributed by atoms with E-state index in [1.54, 1.807) is 24.3 Å². The number of hydrogen-bond donors (Lipinski definition) is 2. The first-order valence-corrected chi connectivity index (χ1v) is 7.43. The Hall–Kier alpha value is -2.58. The molecule has 0 fully saturated rings. The van der Waals surface area contributed by atoms with E-state index in [1.165, 1.54) is 24.7 Å². The van der Waals surface area contributed by atoms with Gasteiger partial charge in [-0.05, 0) is 11.6 Å². The number of hydrazine groups is 1. The minimum Gasteiger partial charge on any atom is -0.272 e. The number of nitrogens with one attached hydrogen (secondary N) is 2. The van der Waals surface area contributed by atoms with Crippen LogP contribution in [0.25, 0.3) is 6.08 Å². The largest absolute Gasteiger partial charge is 0.286 e. The molecule has 21 heavy (non-hydrogen) atoms. The van der Waals surface area contributed by atoms with Gasteiger partial charge in [-0.3, -0.25) is 15.2 Å². The van der Waals surface area contributed by atoms with Crippen LogP contribution in [0, 0.1) is 0 Å². The van der Waals surface area contributed by atoms with Gasteiger partial charge in [-0.15, -0.1) is 4.83 Å². The predicted octanol–water partition coefficient (Wildman–Crippen LogP) is 0.712. The monoisotopic (exact) mass is 304 g/mol. The first-order valence-electron chi connectivity index (χ1n) is 5.88. The number of carbonyl (C=O) groups is 1. The maximum absolute atomic E-state index is 11.7. The molecule has 0 aliphatic carbocycles. The molecule has 8 heteroatoms. The van der Waals surface area contributed by atoms with E-state index in [0.717, 1.165) is 11.0 Å². The first kappa shape index (κ1) is 14.8. The van der Waals surface area contributed by atoms with Crippen LogP contribution in [0.15, 0.2) is 54.3 Å².